The first-order valence-corrected chi connectivity index (χ1v) is 3.71. The molecule has 0 aliphatic carbocycles. The molecular formula is C7H6F4N2O2. The van der Waals surface area contributed by atoms with Crippen LogP contribution in [-0.2, 0) is 18.0 Å². The van der Waals surface area contributed by atoms with Crippen LogP contribution in [0.3, 0.4) is 0 Å². The largest absolute Gasteiger partial charge is 0.479 e. The Morgan fingerprint density at radius 2 is 2.13 bits per heavy atom. The minimum atomic E-state index is -4.83. The maximum Gasteiger partial charge on any atom is 0.433 e. The van der Waals surface area contributed by atoms with E-state index in [9.17, 15) is 22.4 Å². The molecule has 1 atom stereocenters. The number of halogens is 4. The van der Waals surface area contributed by atoms with Crippen LogP contribution < -0.4 is 0 Å². The molecule has 15 heavy (non-hydrogen) atoms. The second-order valence-corrected chi connectivity index (χ2v) is 2.77. The molecular weight excluding hydrogens is 220 g/mol. The fraction of sp³-hybridized carbons (Fsp3) is 0.429. The summed E-state index contributed by atoms with van der Waals surface area (Å²) in [6, 6.07) is 0. The number of hydrogen-bond acceptors (Lipinski definition) is 2. The van der Waals surface area contributed by atoms with Gasteiger partial charge < -0.3 is 5.11 Å². The van der Waals surface area contributed by atoms with Crippen molar-refractivity contribution in [2.24, 2.45) is 7.05 Å². The Balaban J connectivity index is 3.27. The van der Waals surface area contributed by atoms with Gasteiger partial charge in [0.1, 0.15) is 5.69 Å². The summed E-state index contributed by atoms with van der Waals surface area (Å²) in [7, 11) is 0.959. The molecule has 4 nitrogen and oxygen atoms in total. The molecule has 1 heterocycles. The summed E-state index contributed by atoms with van der Waals surface area (Å²) in [5.41, 5.74) is -2.38. The smallest absolute Gasteiger partial charge is 0.433 e. The van der Waals surface area contributed by atoms with Crippen LogP contribution >= 0.6 is 0 Å². The molecule has 0 amide bonds. The van der Waals surface area contributed by atoms with E-state index >= 15 is 0 Å². The van der Waals surface area contributed by atoms with Gasteiger partial charge in [-0.2, -0.15) is 18.3 Å². The third kappa shape index (κ3) is 2.08. The molecule has 0 aliphatic rings. The van der Waals surface area contributed by atoms with Crippen molar-refractivity contribution in [2.45, 2.75) is 12.3 Å². The van der Waals surface area contributed by atoms with Gasteiger partial charge in [-0.05, 0) is 0 Å². The first-order valence-electron chi connectivity index (χ1n) is 3.71. The van der Waals surface area contributed by atoms with Crippen molar-refractivity contribution < 1.29 is 27.5 Å². The van der Waals surface area contributed by atoms with Gasteiger partial charge >= 0.3 is 12.1 Å². The van der Waals surface area contributed by atoms with Gasteiger partial charge in [-0.1, -0.05) is 0 Å². The summed E-state index contributed by atoms with van der Waals surface area (Å²) >= 11 is 0. The second kappa shape index (κ2) is 3.52. The number of carboxylic acids is 1. The Labute approximate surface area is 81.1 Å². The van der Waals surface area contributed by atoms with E-state index in [1.165, 1.54) is 0 Å². The lowest BCUT2D eigenvalue weighted by atomic mass is 10.1. The highest BCUT2D eigenvalue weighted by molar-refractivity contribution is 5.74. The number of aromatic nitrogens is 2. The third-order valence-electron chi connectivity index (χ3n) is 1.73. The van der Waals surface area contributed by atoms with E-state index in [4.69, 9.17) is 5.11 Å². The molecule has 0 saturated carbocycles. The maximum absolute atomic E-state index is 12.9. The van der Waals surface area contributed by atoms with Crippen LogP contribution in [0.2, 0.25) is 0 Å². The van der Waals surface area contributed by atoms with Crippen LogP contribution in [-0.4, -0.2) is 20.9 Å². The molecule has 0 spiro atoms. The van der Waals surface area contributed by atoms with Crippen molar-refractivity contribution in [1.29, 1.82) is 0 Å². The normalized spacial score (nSPS) is 13.9. The zero-order valence-electron chi connectivity index (χ0n) is 7.42. The fourth-order valence-electron chi connectivity index (χ4n) is 1.12. The van der Waals surface area contributed by atoms with Gasteiger partial charge in [0.15, 0.2) is 0 Å². The summed E-state index contributed by atoms with van der Waals surface area (Å²) in [6.07, 6.45) is -7.00. The lowest BCUT2D eigenvalue weighted by Gasteiger charge is -2.10. The zero-order valence-corrected chi connectivity index (χ0v) is 7.42. The monoisotopic (exact) mass is 226 g/mol. The number of aryl methyl sites for hydroxylation is 1. The van der Waals surface area contributed by atoms with E-state index < -0.39 is 29.6 Å². The van der Waals surface area contributed by atoms with E-state index in [1.54, 1.807) is 0 Å². The number of alkyl halides is 4. The summed E-state index contributed by atoms with van der Waals surface area (Å²) in [5.74, 6) is -1.98. The van der Waals surface area contributed by atoms with Gasteiger partial charge in [-0.15, -0.1) is 0 Å². The Morgan fingerprint density at radius 1 is 1.60 bits per heavy atom. The van der Waals surface area contributed by atoms with Crippen molar-refractivity contribution in [3.63, 3.8) is 0 Å². The first-order chi connectivity index (χ1) is 6.75. The molecule has 1 aromatic heterocycles. The van der Waals surface area contributed by atoms with Crippen LogP contribution in [0.1, 0.15) is 17.4 Å². The van der Waals surface area contributed by atoms with Gasteiger partial charge in [-0.3, -0.25) is 4.68 Å². The van der Waals surface area contributed by atoms with E-state index in [0.717, 1.165) is 7.05 Å². The number of hydrogen-bond donors (Lipinski definition) is 1. The highest BCUT2D eigenvalue weighted by Crippen LogP contribution is 2.35. The summed E-state index contributed by atoms with van der Waals surface area (Å²) in [5, 5.41) is 11.4. The number of aliphatic carboxylic acids is 1. The van der Waals surface area contributed by atoms with Gasteiger partial charge in [0.2, 0.25) is 6.17 Å². The van der Waals surface area contributed by atoms with Gasteiger partial charge in [0.25, 0.3) is 0 Å². The minimum Gasteiger partial charge on any atom is -0.479 e. The Hall–Kier alpha value is -1.60. The predicted molar refractivity (Wildman–Crippen MR) is 39.7 cm³/mol. The molecule has 0 aliphatic heterocycles. The molecule has 1 aromatic rings. The molecule has 84 valence electrons. The number of carbonyl (C=O) groups is 1. The Bertz CT molecular complexity index is 385. The van der Waals surface area contributed by atoms with Crippen LogP contribution in [0, 0.1) is 0 Å². The molecule has 0 radical (unpaired) electrons. The van der Waals surface area contributed by atoms with Crippen LogP contribution in [0.25, 0.3) is 0 Å². The highest BCUT2D eigenvalue weighted by atomic mass is 19.4. The standard InChI is InChI=1S/C7H6F4N2O2/c1-13-5(7(9,10)11)3(2-12-13)4(8)6(14)15/h2,4H,1H3,(H,14,15). The van der Waals surface area contributed by atoms with E-state index in [-0.39, 0.29) is 0 Å². The fourth-order valence-corrected chi connectivity index (χ4v) is 1.12. The Morgan fingerprint density at radius 3 is 2.53 bits per heavy atom. The van der Waals surface area contributed by atoms with Crippen molar-refractivity contribution in [2.75, 3.05) is 0 Å². The summed E-state index contributed by atoms with van der Waals surface area (Å²) in [4.78, 5) is 10.2. The summed E-state index contributed by atoms with van der Waals surface area (Å²) in [6.45, 7) is 0. The van der Waals surface area contributed by atoms with Crippen molar-refractivity contribution in [3.8, 4) is 0 Å². The lowest BCUT2D eigenvalue weighted by Crippen LogP contribution is -2.17. The molecule has 8 heteroatoms. The average molecular weight is 226 g/mol. The molecule has 0 bridgehead atoms. The number of nitrogens with zero attached hydrogens (tertiary/aromatic N) is 2. The van der Waals surface area contributed by atoms with Crippen LogP contribution in [0.5, 0.6) is 0 Å². The molecule has 0 fully saturated rings. The quantitative estimate of drug-likeness (QED) is 0.778. The highest BCUT2D eigenvalue weighted by Gasteiger charge is 2.40. The Kier molecular flexibility index (Phi) is 2.69. The topological polar surface area (TPSA) is 55.1 Å². The SMILES string of the molecule is Cn1ncc(C(F)C(=O)O)c1C(F)(F)F. The number of rotatable bonds is 2. The average Bonchev–Trinajstić information content (AvgIpc) is 2.44. The van der Waals surface area contributed by atoms with Gasteiger partial charge in [-0.25, -0.2) is 9.18 Å². The van der Waals surface area contributed by atoms with Crippen LogP contribution in [0.4, 0.5) is 17.6 Å². The molecule has 1 N–H and O–H groups in total. The van der Waals surface area contributed by atoms with E-state index in [2.05, 4.69) is 5.10 Å². The minimum absolute atomic E-state index is 0.394. The first kappa shape index (κ1) is 11.5. The van der Waals surface area contributed by atoms with E-state index in [1.807, 2.05) is 0 Å². The van der Waals surface area contributed by atoms with E-state index in [0.29, 0.717) is 10.9 Å². The predicted octanol–water partition coefficient (Wildman–Crippen LogP) is 1.53. The van der Waals surface area contributed by atoms with Crippen LogP contribution in [0.15, 0.2) is 6.20 Å². The molecule has 1 rings (SSSR count). The second-order valence-electron chi connectivity index (χ2n) is 2.77. The van der Waals surface area contributed by atoms with Crippen molar-refractivity contribution in [3.05, 3.63) is 17.5 Å². The maximum atomic E-state index is 12.9. The molecule has 1 unspecified atom stereocenters. The summed E-state index contributed by atoms with van der Waals surface area (Å²) < 4.78 is 50.3. The van der Waals surface area contributed by atoms with Gasteiger partial charge in [0, 0.05) is 12.6 Å². The third-order valence-corrected chi connectivity index (χ3v) is 1.73. The number of carboxylic acid groups (broad SMARTS) is 1. The van der Waals surface area contributed by atoms with Crippen molar-refractivity contribution in [1.82, 2.24) is 9.78 Å². The van der Waals surface area contributed by atoms with Gasteiger partial charge in [0.05, 0.1) is 6.20 Å². The lowest BCUT2D eigenvalue weighted by molar-refractivity contribution is -0.147. The molecule has 0 aromatic carbocycles. The zero-order chi connectivity index (χ0) is 11.8. The van der Waals surface area contributed by atoms with Crippen molar-refractivity contribution >= 4 is 5.97 Å². The molecule has 0 saturated heterocycles.